The summed E-state index contributed by atoms with van der Waals surface area (Å²) in [5.74, 6) is -0.149. The van der Waals surface area contributed by atoms with Crippen LogP contribution in [0.2, 0.25) is 0 Å². The molecule has 2 bridgehead atoms. The Kier molecular flexibility index (Phi) is 6.47. The second-order valence-corrected chi connectivity index (χ2v) is 15.4. The van der Waals surface area contributed by atoms with E-state index in [-0.39, 0.29) is 23.3 Å². The van der Waals surface area contributed by atoms with Crippen LogP contribution in [0.25, 0.3) is 28.2 Å². The highest BCUT2D eigenvalue weighted by molar-refractivity contribution is 7.91. The Morgan fingerprint density at radius 2 is 1.75 bits per heavy atom. The molecule has 230 valence electrons. The molecule has 4 fully saturated rings. The first-order valence-electron chi connectivity index (χ1n) is 15.9. The number of fused-ring (bicyclic) bond motifs is 7. The summed E-state index contributed by atoms with van der Waals surface area (Å²) in [6.07, 6.45) is 9.70. The van der Waals surface area contributed by atoms with E-state index in [1.54, 1.807) is 24.3 Å². The molecule has 0 radical (unpaired) electrons. The van der Waals surface area contributed by atoms with E-state index in [0.29, 0.717) is 43.5 Å². The summed E-state index contributed by atoms with van der Waals surface area (Å²) in [5, 5.41) is 11.1. The van der Waals surface area contributed by atoms with Gasteiger partial charge in [-0.3, -0.25) is 14.5 Å². The maximum Gasteiger partial charge on any atom is 0.264 e. The minimum atomic E-state index is -3.70. The van der Waals surface area contributed by atoms with Crippen LogP contribution < -0.4 is 4.72 Å². The number of rotatable bonds is 5. The molecule has 3 aliphatic heterocycles. The average molecular weight is 615 g/mol. The second-order valence-electron chi connectivity index (χ2n) is 13.5. The minimum absolute atomic E-state index is 0.0123. The molecule has 2 N–H and O–H groups in total. The van der Waals surface area contributed by atoms with E-state index in [1.165, 1.54) is 12.0 Å². The van der Waals surface area contributed by atoms with Crippen LogP contribution >= 0.6 is 0 Å². The van der Waals surface area contributed by atoms with Crippen LogP contribution in [-0.4, -0.2) is 77.2 Å². The Morgan fingerprint density at radius 3 is 2.45 bits per heavy atom. The van der Waals surface area contributed by atoms with E-state index in [9.17, 15) is 23.1 Å². The van der Waals surface area contributed by atoms with Gasteiger partial charge in [0.25, 0.3) is 11.8 Å². The lowest BCUT2D eigenvalue weighted by atomic mass is 9.81. The zero-order valence-corrected chi connectivity index (χ0v) is 25.8. The molecule has 2 aliphatic carbocycles. The van der Waals surface area contributed by atoms with Gasteiger partial charge in [-0.2, -0.15) is 0 Å². The predicted molar refractivity (Wildman–Crippen MR) is 169 cm³/mol. The van der Waals surface area contributed by atoms with Crippen molar-refractivity contribution in [2.75, 3.05) is 20.1 Å². The first-order valence-corrected chi connectivity index (χ1v) is 17.5. The Bertz CT molecular complexity index is 1850. The van der Waals surface area contributed by atoms with Gasteiger partial charge in [-0.15, -0.1) is 0 Å². The number of phenolic OH excluding ortho intramolecular Hbond substituents is 1. The van der Waals surface area contributed by atoms with Gasteiger partial charge in [-0.25, -0.2) is 13.1 Å². The third-order valence-electron chi connectivity index (χ3n) is 10.6. The van der Waals surface area contributed by atoms with Crippen molar-refractivity contribution in [1.82, 2.24) is 19.1 Å². The van der Waals surface area contributed by atoms with Crippen LogP contribution in [-0.2, 0) is 21.4 Å². The highest BCUT2D eigenvalue weighted by Gasteiger charge is 2.44. The number of sulfonamides is 1. The normalized spacial score (nSPS) is 23.8. The van der Waals surface area contributed by atoms with Gasteiger partial charge >= 0.3 is 0 Å². The molecule has 10 heteroatoms. The SMILES string of the molecule is CN1CC2CC1CN2C(=O)C1=Cc2cc(O)ccc2-c2c(C3CCCCC3)c3ccc(C(=O)NS(=O)(=O)C4CC4)cc3n2C1. The lowest BCUT2D eigenvalue weighted by molar-refractivity contribution is -0.129. The molecule has 1 aromatic heterocycles. The second kappa shape index (κ2) is 10.2. The third kappa shape index (κ3) is 4.56. The van der Waals surface area contributed by atoms with E-state index in [0.717, 1.165) is 66.4 Å². The number of hydrogen-bond donors (Lipinski definition) is 2. The number of hydrogen-bond acceptors (Lipinski definition) is 6. The van der Waals surface area contributed by atoms with Crippen LogP contribution in [0.4, 0.5) is 0 Å². The van der Waals surface area contributed by atoms with E-state index >= 15 is 0 Å². The van der Waals surface area contributed by atoms with Crippen molar-refractivity contribution in [3.8, 4) is 17.0 Å². The minimum Gasteiger partial charge on any atom is -0.508 e. The zero-order valence-electron chi connectivity index (χ0n) is 25.0. The third-order valence-corrected chi connectivity index (χ3v) is 12.4. The number of aromatic hydroxyl groups is 1. The maximum atomic E-state index is 14.2. The molecule has 2 saturated carbocycles. The van der Waals surface area contributed by atoms with Gasteiger partial charge in [0.1, 0.15) is 5.75 Å². The summed E-state index contributed by atoms with van der Waals surface area (Å²) in [6.45, 7) is 1.89. The quantitative estimate of drug-likeness (QED) is 0.435. The number of piperazine rings is 1. The lowest BCUT2D eigenvalue weighted by Gasteiger charge is -2.32. The average Bonchev–Trinajstić information content (AvgIpc) is 3.66. The molecule has 3 aromatic rings. The Balaban J connectivity index is 1.28. The van der Waals surface area contributed by atoms with Gasteiger partial charge in [0.2, 0.25) is 10.0 Å². The number of likely N-dealkylation sites (tertiary alicyclic amines) is 2. The number of nitrogens with zero attached hydrogens (tertiary/aromatic N) is 3. The van der Waals surface area contributed by atoms with Crippen LogP contribution in [0.5, 0.6) is 5.75 Å². The van der Waals surface area contributed by atoms with Gasteiger partial charge in [-0.05, 0) is 92.6 Å². The summed E-state index contributed by atoms with van der Waals surface area (Å²) in [6, 6.07) is 11.4. The smallest absolute Gasteiger partial charge is 0.264 e. The fourth-order valence-corrected chi connectivity index (χ4v) is 9.44. The predicted octanol–water partition coefficient (Wildman–Crippen LogP) is 4.60. The van der Waals surface area contributed by atoms with Gasteiger partial charge in [-0.1, -0.05) is 25.3 Å². The number of phenols is 1. The summed E-state index contributed by atoms with van der Waals surface area (Å²) >= 11 is 0. The van der Waals surface area contributed by atoms with Crippen LogP contribution in [0.15, 0.2) is 42.0 Å². The number of likely N-dealkylation sites (N-methyl/N-ethyl adjacent to an activating group) is 1. The van der Waals surface area contributed by atoms with Gasteiger partial charge in [0, 0.05) is 52.8 Å². The van der Waals surface area contributed by atoms with E-state index in [2.05, 4.69) is 21.2 Å². The largest absolute Gasteiger partial charge is 0.508 e. The molecule has 2 unspecified atom stereocenters. The van der Waals surface area contributed by atoms with E-state index in [4.69, 9.17) is 0 Å². The number of carbonyl (C=O) groups excluding carboxylic acids is 2. The first-order chi connectivity index (χ1) is 21.2. The van der Waals surface area contributed by atoms with Gasteiger partial charge < -0.3 is 14.6 Å². The van der Waals surface area contributed by atoms with Crippen molar-refractivity contribution < 1.29 is 23.1 Å². The van der Waals surface area contributed by atoms with Crippen LogP contribution in [0.1, 0.15) is 78.8 Å². The fraction of sp³-hybridized carbons (Fsp3) is 0.471. The molecule has 2 aromatic carbocycles. The number of aromatic nitrogens is 1. The molecule has 0 spiro atoms. The van der Waals surface area contributed by atoms with Gasteiger partial charge in [0.15, 0.2) is 0 Å². The first kappa shape index (κ1) is 27.9. The van der Waals surface area contributed by atoms with Crippen molar-refractivity contribution in [3.05, 3.63) is 58.7 Å². The molecular formula is C34H38N4O5S. The Labute approximate surface area is 257 Å². The van der Waals surface area contributed by atoms with E-state index in [1.807, 2.05) is 23.1 Å². The maximum absolute atomic E-state index is 14.2. The molecule has 2 saturated heterocycles. The highest BCUT2D eigenvalue weighted by atomic mass is 32.2. The standard InChI is InChI=1S/C34H38N4O5S/c1-36-18-25-16-24(36)19-37(25)34(41)23-13-22-14-26(39)8-12-28(22)32-31(20-5-3-2-4-6-20)29-11-7-21(15-30(29)38(32)17-23)33(40)35-44(42,43)27-9-10-27/h7-8,11-15,20,24-25,27,39H,2-6,9-10,16-19H2,1H3,(H,35,40). The topological polar surface area (TPSA) is 112 Å². The lowest BCUT2D eigenvalue weighted by Crippen LogP contribution is -2.47. The fourth-order valence-electron chi connectivity index (χ4n) is 8.14. The summed E-state index contributed by atoms with van der Waals surface area (Å²) in [5.41, 5.74) is 5.74. The number of carbonyl (C=O) groups is 2. The van der Waals surface area contributed by atoms with Crippen LogP contribution in [0.3, 0.4) is 0 Å². The van der Waals surface area contributed by atoms with Gasteiger partial charge in [0.05, 0.1) is 17.5 Å². The Morgan fingerprint density at radius 1 is 0.955 bits per heavy atom. The number of amides is 2. The van der Waals surface area contributed by atoms with E-state index < -0.39 is 21.2 Å². The molecule has 8 rings (SSSR count). The number of benzene rings is 2. The summed E-state index contributed by atoms with van der Waals surface area (Å²) < 4.78 is 29.7. The van der Waals surface area contributed by atoms with Crippen molar-refractivity contribution in [1.29, 1.82) is 0 Å². The molecule has 44 heavy (non-hydrogen) atoms. The van der Waals surface area contributed by atoms with Crippen molar-refractivity contribution >= 4 is 38.8 Å². The molecule has 5 aliphatic rings. The number of nitrogens with one attached hydrogen (secondary N) is 1. The molecule has 4 heterocycles. The van der Waals surface area contributed by atoms with Crippen molar-refractivity contribution in [3.63, 3.8) is 0 Å². The summed E-state index contributed by atoms with van der Waals surface area (Å²) in [7, 11) is -1.58. The monoisotopic (exact) mass is 614 g/mol. The zero-order chi connectivity index (χ0) is 30.3. The summed E-state index contributed by atoms with van der Waals surface area (Å²) in [4.78, 5) is 31.8. The Hall–Kier alpha value is -3.63. The molecule has 2 amide bonds. The van der Waals surface area contributed by atoms with Crippen molar-refractivity contribution in [2.24, 2.45) is 0 Å². The van der Waals surface area contributed by atoms with Crippen molar-refractivity contribution in [2.45, 2.75) is 81.2 Å². The molecule has 9 nitrogen and oxygen atoms in total. The molecular weight excluding hydrogens is 576 g/mol. The highest BCUT2D eigenvalue weighted by Crippen LogP contribution is 2.47. The van der Waals surface area contributed by atoms with Crippen LogP contribution in [0, 0.1) is 0 Å². The molecule has 2 atom stereocenters.